The fourth-order valence-corrected chi connectivity index (χ4v) is 4.07. The number of hydrogen-bond acceptors (Lipinski definition) is 3. The zero-order valence-corrected chi connectivity index (χ0v) is 11.7. The quantitative estimate of drug-likeness (QED) is 0.752. The summed E-state index contributed by atoms with van der Waals surface area (Å²) in [6.45, 7) is 1.35. The van der Waals surface area contributed by atoms with E-state index in [2.05, 4.69) is 5.32 Å². The zero-order chi connectivity index (χ0) is 13.2. The molecule has 1 aliphatic carbocycles. The summed E-state index contributed by atoms with van der Waals surface area (Å²) in [5.74, 6) is 1.02. The molecule has 0 aromatic heterocycles. The SMILES string of the molecule is O=C(C1CCC2CCCCC2N1)N1CCCC(O)C1. The van der Waals surface area contributed by atoms with Gasteiger partial charge in [0.05, 0.1) is 12.1 Å². The first-order valence-corrected chi connectivity index (χ1v) is 7.97. The normalized spacial score (nSPS) is 39.7. The molecule has 2 heterocycles. The van der Waals surface area contributed by atoms with Gasteiger partial charge in [0.1, 0.15) is 0 Å². The van der Waals surface area contributed by atoms with Gasteiger partial charge in [-0.2, -0.15) is 0 Å². The maximum atomic E-state index is 12.5. The molecule has 0 radical (unpaired) electrons. The van der Waals surface area contributed by atoms with Gasteiger partial charge >= 0.3 is 0 Å². The Hall–Kier alpha value is -0.610. The highest BCUT2D eigenvalue weighted by molar-refractivity contribution is 5.82. The highest BCUT2D eigenvalue weighted by Gasteiger charge is 2.36. The number of amides is 1. The van der Waals surface area contributed by atoms with E-state index in [-0.39, 0.29) is 18.1 Å². The van der Waals surface area contributed by atoms with E-state index >= 15 is 0 Å². The molecule has 3 fully saturated rings. The molecule has 3 aliphatic rings. The van der Waals surface area contributed by atoms with Crippen LogP contribution in [-0.2, 0) is 4.79 Å². The predicted octanol–water partition coefficient (Wildman–Crippen LogP) is 1.28. The summed E-state index contributed by atoms with van der Waals surface area (Å²) in [5.41, 5.74) is 0. The number of aliphatic hydroxyl groups excluding tert-OH is 1. The number of fused-ring (bicyclic) bond motifs is 1. The number of carbonyl (C=O) groups excluding carboxylic acids is 1. The average Bonchev–Trinajstić information content (AvgIpc) is 2.46. The van der Waals surface area contributed by atoms with E-state index < -0.39 is 0 Å². The van der Waals surface area contributed by atoms with Crippen molar-refractivity contribution < 1.29 is 9.90 Å². The second kappa shape index (κ2) is 5.80. The molecule has 2 N–H and O–H groups in total. The highest BCUT2D eigenvalue weighted by atomic mass is 16.3. The number of carbonyl (C=O) groups is 1. The Bertz CT molecular complexity index is 334. The molecule has 0 aromatic rings. The number of nitrogens with one attached hydrogen (secondary N) is 1. The van der Waals surface area contributed by atoms with Gasteiger partial charge in [0.25, 0.3) is 0 Å². The third-order valence-electron chi connectivity index (χ3n) is 5.16. The van der Waals surface area contributed by atoms with Gasteiger partial charge in [-0.25, -0.2) is 0 Å². The molecule has 4 unspecified atom stereocenters. The van der Waals surface area contributed by atoms with Crippen molar-refractivity contribution in [2.24, 2.45) is 5.92 Å². The lowest BCUT2D eigenvalue weighted by atomic mass is 9.77. The molecule has 0 spiro atoms. The molecule has 2 saturated heterocycles. The molecule has 1 amide bonds. The standard InChI is InChI=1S/C15H26N2O2/c18-12-5-3-9-17(10-12)15(19)14-8-7-11-4-1-2-6-13(11)16-14/h11-14,16,18H,1-10H2. The van der Waals surface area contributed by atoms with Gasteiger partial charge in [-0.15, -0.1) is 0 Å². The van der Waals surface area contributed by atoms with E-state index in [1.54, 1.807) is 0 Å². The minimum atomic E-state index is -0.316. The number of likely N-dealkylation sites (tertiary alicyclic amines) is 1. The molecule has 2 aliphatic heterocycles. The minimum Gasteiger partial charge on any atom is -0.391 e. The van der Waals surface area contributed by atoms with Crippen LogP contribution in [0.25, 0.3) is 0 Å². The van der Waals surface area contributed by atoms with Crippen LogP contribution in [0.1, 0.15) is 51.4 Å². The molecular weight excluding hydrogens is 240 g/mol. The summed E-state index contributed by atoms with van der Waals surface area (Å²) in [5, 5.41) is 13.3. The average molecular weight is 266 g/mol. The fourth-order valence-electron chi connectivity index (χ4n) is 4.07. The van der Waals surface area contributed by atoms with E-state index in [1.165, 1.54) is 32.1 Å². The van der Waals surface area contributed by atoms with Gasteiger partial charge in [-0.1, -0.05) is 12.8 Å². The molecule has 108 valence electrons. The number of rotatable bonds is 1. The van der Waals surface area contributed by atoms with E-state index in [1.807, 2.05) is 4.90 Å². The lowest BCUT2D eigenvalue weighted by molar-refractivity contribution is -0.138. The zero-order valence-electron chi connectivity index (χ0n) is 11.7. The monoisotopic (exact) mass is 266 g/mol. The summed E-state index contributed by atoms with van der Waals surface area (Å²) in [7, 11) is 0. The second-order valence-electron chi connectivity index (χ2n) is 6.53. The highest BCUT2D eigenvalue weighted by Crippen LogP contribution is 2.32. The molecular formula is C15H26N2O2. The van der Waals surface area contributed by atoms with Crippen LogP contribution in [0.3, 0.4) is 0 Å². The molecule has 4 heteroatoms. The first-order valence-electron chi connectivity index (χ1n) is 7.97. The first-order chi connectivity index (χ1) is 9.24. The van der Waals surface area contributed by atoms with Crippen molar-refractivity contribution in [3.05, 3.63) is 0 Å². The Morgan fingerprint density at radius 2 is 1.89 bits per heavy atom. The van der Waals surface area contributed by atoms with Crippen molar-refractivity contribution in [1.82, 2.24) is 10.2 Å². The van der Waals surface area contributed by atoms with E-state index in [9.17, 15) is 9.90 Å². The van der Waals surface area contributed by atoms with Crippen LogP contribution in [0.4, 0.5) is 0 Å². The minimum absolute atomic E-state index is 0.00431. The number of nitrogens with zero attached hydrogens (tertiary/aromatic N) is 1. The summed E-state index contributed by atoms with van der Waals surface area (Å²) in [6.07, 6.45) is 8.87. The molecule has 4 nitrogen and oxygen atoms in total. The van der Waals surface area contributed by atoms with Crippen LogP contribution in [0.5, 0.6) is 0 Å². The van der Waals surface area contributed by atoms with E-state index in [0.29, 0.717) is 12.6 Å². The summed E-state index contributed by atoms with van der Waals surface area (Å²) < 4.78 is 0. The first kappa shape index (κ1) is 13.4. The van der Waals surface area contributed by atoms with Crippen LogP contribution in [0, 0.1) is 5.92 Å². The Balaban J connectivity index is 1.58. The van der Waals surface area contributed by atoms with E-state index in [0.717, 1.165) is 31.7 Å². The fraction of sp³-hybridized carbons (Fsp3) is 0.933. The Kier molecular flexibility index (Phi) is 4.08. The smallest absolute Gasteiger partial charge is 0.239 e. The van der Waals surface area contributed by atoms with Gasteiger partial charge in [-0.05, 0) is 44.4 Å². The maximum Gasteiger partial charge on any atom is 0.239 e. The van der Waals surface area contributed by atoms with Gasteiger partial charge < -0.3 is 15.3 Å². The summed E-state index contributed by atoms with van der Waals surface area (Å²) in [4.78, 5) is 14.4. The van der Waals surface area contributed by atoms with Gasteiger partial charge in [0.15, 0.2) is 0 Å². The largest absolute Gasteiger partial charge is 0.391 e. The van der Waals surface area contributed by atoms with Crippen molar-refractivity contribution >= 4 is 5.91 Å². The number of β-amino-alcohol motifs (C(OH)–C–C–N with tert-alkyl or cyclic N) is 1. The van der Waals surface area contributed by atoms with Crippen molar-refractivity contribution in [1.29, 1.82) is 0 Å². The molecule has 19 heavy (non-hydrogen) atoms. The summed E-state index contributed by atoms with van der Waals surface area (Å²) in [6, 6.07) is 0.566. The Labute approximate surface area is 115 Å². The van der Waals surface area contributed by atoms with Crippen LogP contribution >= 0.6 is 0 Å². The molecule has 0 bridgehead atoms. The summed E-state index contributed by atoms with van der Waals surface area (Å²) >= 11 is 0. The molecule has 4 atom stereocenters. The van der Waals surface area contributed by atoms with Crippen LogP contribution in [-0.4, -0.2) is 47.2 Å². The molecule has 1 saturated carbocycles. The van der Waals surface area contributed by atoms with Gasteiger partial charge in [-0.3, -0.25) is 4.79 Å². The Morgan fingerprint density at radius 3 is 2.74 bits per heavy atom. The topological polar surface area (TPSA) is 52.6 Å². The van der Waals surface area contributed by atoms with Crippen molar-refractivity contribution in [3.8, 4) is 0 Å². The predicted molar refractivity (Wildman–Crippen MR) is 73.7 cm³/mol. The molecule has 0 aromatic carbocycles. The van der Waals surface area contributed by atoms with Crippen molar-refractivity contribution in [2.45, 2.75) is 69.6 Å². The number of hydrogen-bond donors (Lipinski definition) is 2. The van der Waals surface area contributed by atoms with Crippen molar-refractivity contribution in [3.63, 3.8) is 0 Å². The van der Waals surface area contributed by atoms with Crippen LogP contribution in [0.15, 0.2) is 0 Å². The third kappa shape index (κ3) is 2.95. The number of piperidine rings is 2. The van der Waals surface area contributed by atoms with Crippen LogP contribution in [0.2, 0.25) is 0 Å². The third-order valence-corrected chi connectivity index (χ3v) is 5.16. The van der Waals surface area contributed by atoms with E-state index in [4.69, 9.17) is 0 Å². The van der Waals surface area contributed by atoms with Crippen molar-refractivity contribution in [2.75, 3.05) is 13.1 Å². The second-order valence-corrected chi connectivity index (χ2v) is 6.53. The van der Waals surface area contributed by atoms with Gasteiger partial charge in [0, 0.05) is 19.1 Å². The Morgan fingerprint density at radius 1 is 1.05 bits per heavy atom. The maximum absolute atomic E-state index is 12.5. The van der Waals surface area contributed by atoms with Crippen LogP contribution < -0.4 is 5.32 Å². The van der Waals surface area contributed by atoms with Gasteiger partial charge in [0.2, 0.25) is 5.91 Å². The molecule has 3 rings (SSSR count). The number of aliphatic hydroxyl groups is 1. The lowest BCUT2D eigenvalue weighted by Crippen LogP contribution is -2.57. The lowest BCUT2D eigenvalue weighted by Gasteiger charge is -2.42.